The summed E-state index contributed by atoms with van der Waals surface area (Å²) in [4.78, 5) is 24.6. The van der Waals surface area contributed by atoms with Crippen LogP contribution < -0.4 is 25.4 Å². The number of amides is 2. The van der Waals surface area contributed by atoms with Gasteiger partial charge in [0.05, 0.1) is 13.0 Å². The summed E-state index contributed by atoms with van der Waals surface area (Å²) in [5.41, 5.74) is 0.782. The zero-order valence-corrected chi connectivity index (χ0v) is 19.5. The average Bonchev–Trinajstić information content (AvgIpc) is 2.93. The molecule has 1 unspecified atom stereocenters. The van der Waals surface area contributed by atoms with Crippen molar-refractivity contribution in [3.63, 3.8) is 0 Å². The fraction of sp³-hybridized carbons (Fsp3) is 0.583. The Morgan fingerprint density at radius 1 is 1.19 bits per heavy atom. The third kappa shape index (κ3) is 7.28. The van der Waals surface area contributed by atoms with Crippen LogP contribution in [0.2, 0.25) is 0 Å². The van der Waals surface area contributed by atoms with Crippen LogP contribution in [0.3, 0.4) is 0 Å². The number of carbonyl (C=O) groups excluding carboxylic acids is 2. The Balaban J connectivity index is 1.68. The van der Waals surface area contributed by atoms with Crippen LogP contribution in [0.15, 0.2) is 30.9 Å². The van der Waals surface area contributed by atoms with Gasteiger partial charge in [-0.05, 0) is 64.7 Å². The maximum absolute atomic E-state index is 12.6. The van der Waals surface area contributed by atoms with Crippen LogP contribution in [-0.2, 0) is 16.0 Å². The Labute approximate surface area is 186 Å². The van der Waals surface area contributed by atoms with Gasteiger partial charge in [0, 0.05) is 24.2 Å². The van der Waals surface area contributed by atoms with E-state index in [4.69, 9.17) is 9.47 Å². The first-order valence-electron chi connectivity index (χ1n) is 10.8. The first-order valence-corrected chi connectivity index (χ1v) is 10.8. The fourth-order valence-corrected chi connectivity index (χ4v) is 4.17. The topological polar surface area (TPSA) is 88.7 Å². The second kappa shape index (κ2) is 10.7. The van der Waals surface area contributed by atoms with Crippen LogP contribution in [0, 0.1) is 5.92 Å². The number of hydrogen-bond acceptors (Lipinski definition) is 5. The van der Waals surface area contributed by atoms with Gasteiger partial charge in [-0.1, -0.05) is 12.1 Å². The number of methoxy groups -OCH3 is 1. The lowest BCUT2D eigenvalue weighted by Gasteiger charge is -2.27. The molecule has 1 aliphatic rings. The summed E-state index contributed by atoms with van der Waals surface area (Å²) < 4.78 is 10.9. The lowest BCUT2D eigenvalue weighted by atomic mass is 9.86. The molecule has 2 amide bonds. The van der Waals surface area contributed by atoms with Gasteiger partial charge in [-0.2, -0.15) is 0 Å². The Morgan fingerprint density at radius 3 is 2.52 bits per heavy atom. The summed E-state index contributed by atoms with van der Waals surface area (Å²) in [6.07, 6.45) is 4.01. The molecule has 0 aromatic heterocycles. The van der Waals surface area contributed by atoms with E-state index in [9.17, 15) is 9.59 Å². The minimum Gasteiger partial charge on any atom is -0.493 e. The average molecular weight is 432 g/mol. The van der Waals surface area contributed by atoms with Crippen molar-refractivity contribution in [1.29, 1.82) is 0 Å². The molecule has 1 atom stereocenters. The van der Waals surface area contributed by atoms with Gasteiger partial charge < -0.3 is 25.4 Å². The molecule has 1 aliphatic heterocycles. The van der Waals surface area contributed by atoms with Crippen LogP contribution in [-0.4, -0.2) is 49.7 Å². The quantitative estimate of drug-likeness (QED) is 0.370. The summed E-state index contributed by atoms with van der Waals surface area (Å²) in [6.45, 7) is 13.0. The number of nitrogens with one attached hydrogen (secondary N) is 3. The van der Waals surface area contributed by atoms with Crippen LogP contribution in [0.5, 0.6) is 11.5 Å². The molecule has 1 heterocycles. The first-order chi connectivity index (χ1) is 14.6. The van der Waals surface area contributed by atoms with Gasteiger partial charge in [0.2, 0.25) is 5.91 Å². The predicted molar refractivity (Wildman–Crippen MR) is 122 cm³/mol. The van der Waals surface area contributed by atoms with Crippen molar-refractivity contribution in [3.05, 3.63) is 36.4 Å². The molecule has 1 fully saturated rings. The number of ether oxygens (including phenoxy) is 2. The van der Waals surface area contributed by atoms with Gasteiger partial charge in [0.1, 0.15) is 0 Å². The van der Waals surface area contributed by atoms with Crippen LogP contribution in [0.25, 0.3) is 0 Å². The standard InChI is InChI=1S/C24H37N3O4/c1-7-9-17-10-11-19(20(14-17)30-6)31-16-21(28)25-12-8-13-26-22(29)18-15-23(2,3)27-24(18,4)5/h7,10-11,14,18,27H,1,8-9,12-13,15-16H2,2-6H3,(H,25,28)(H,26,29). The van der Waals surface area contributed by atoms with Gasteiger partial charge in [-0.3, -0.25) is 9.59 Å². The number of hydrogen-bond donors (Lipinski definition) is 3. The predicted octanol–water partition coefficient (Wildman–Crippen LogP) is 2.59. The lowest BCUT2D eigenvalue weighted by molar-refractivity contribution is -0.126. The van der Waals surface area contributed by atoms with E-state index in [2.05, 4.69) is 50.2 Å². The number of benzene rings is 1. The van der Waals surface area contributed by atoms with Gasteiger partial charge in [-0.25, -0.2) is 0 Å². The molecule has 7 heteroatoms. The van der Waals surface area contributed by atoms with Crippen molar-refractivity contribution in [1.82, 2.24) is 16.0 Å². The molecule has 172 valence electrons. The normalized spacial score (nSPS) is 18.8. The van der Waals surface area contributed by atoms with Crippen molar-refractivity contribution in [2.45, 2.75) is 58.0 Å². The maximum atomic E-state index is 12.6. The lowest BCUT2D eigenvalue weighted by Crippen LogP contribution is -2.48. The minimum atomic E-state index is -0.232. The molecule has 0 radical (unpaired) electrons. The highest BCUT2D eigenvalue weighted by atomic mass is 16.5. The number of allylic oxidation sites excluding steroid dienone is 1. The van der Waals surface area contributed by atoms with Crippen molar-refractivity contribution in [2.75, 3.05) is 26.8 Å². The summed E-state index contributed by atoms with van der Waals surface area (Å²) in [5.74, 6) is 0.880. The molecule has 0 spiro atoms. The van der Waals surface area contributed by atoms with Crippen molar-refractivity contribution >= 4 is 11.8 Å². The smallest absolute Gasteiger partial charge is 0.257 e. The van der Waals surface area contributed by atoms with E-state index in [0.717, 1.165) is 18.4 Å². The molecule has 2 rings (SSSR count). The molecule has 3 N–H and O–H groups in total. The molecular weight excluding hydrogens is 394 g/mol. The summed E-state index contributed by atoms with van der Waals surface area (Å²) >= 11 is 0. The van der Waals surface area contributed by atoms with Crippen molar-refractivity contribution < 1.29 is 19.1 Å². The van der Waals surface area contributed by atoms with Crippen LogP contribution in [0.4, 0.5) is 0 Å². The molecule has 1 aromatic rings. The summed E-state index contributed by atoms with van der Waals surface area (Å²) in [6, 6.07) is 5.59. The Morgan fingerprint density at radius 2 is 1.90 bits per heavy atom. The maximum Gasteiger partial charge on any atom is 0.257 e. The highest BCUT2D eigenvalue weighted by Gasteiger charge is 2.47. The van der Waals surface area contributed by atoms with E-state index in [0.29, 0.717) is 31.0 Å². The zero-order valence-electron chi connectivity index (χ0n) is 19.5. The molecule has 0 aliphatic carbocycles. The molecule has 0 saturated carbocycles. The molecular formula is C24H37N3O4. The van der Waals surface area contributed by atoms with Gasteiger partial charge in [-0.15, -0.1) is 6.58 Å². The zero-order chi connectivity index (χ0) is 23.1. The van der Waals surface area contributed by atoms with Gasteiger partial charge >= 0.3 is 0 Å². The highest BCUT2D eigenvalue weighted by Crippen LogP contribution is 2.35. The monoisotopic (exact) mass is 431 g/mol. The number of rotatable bonds is 11. The Bertz CT molecular complexity index is 789. The van der Waals surface area contributed by atoms with E-state index in [1.54, 1.807) is 13.2 Å². The molecule has 1 saturated heterocycles. The fourth-order valence-electron chi connectivity index (χ4n) is 4.17. The number of carbonyl (C=O) groups is 2. The van der Waals surface area contributed by atoms with E-state index < -0.39 is 0 Å². The Hall–Kier alpha value is -2.54. The highest BCUT2D eigenvalue weighted by molar-refractivity contribution is 5.80. The second-order valence-electron chi connectivity index (χ2n) is 9.25. The molecule has 7 nitrogen and oxygen atoms in total. The van der Waals surface area contributed by atoms with Crippen LogP contribution >= 0.6 is 0 Å². The van der Waals surface area contributed by atoms with E-state index in [-0.39, 0.29) is 35.4 Å². The summed E-state index contributed by atoms with van der Waals surface area (Å²) in [7, 11) is 1.57. The van der Waals surface area contributed by atoms with Crippen LogP contribution in [0.1, 0.15) is 46.1 Å². The molecule has 31 heavy (non-hydrogen) atoms. The third-order valence-electron chi connectivity index (χ3n) is 5.50. The van der Waals surface area contributed by atoms with E-state index in [1.165, 1.54) is 0 Å². The van der Waals surface area contributed by atoms with E-state index >= 15 is 0 Å². The summed E-state index contributed by atoms with van der Waals surface area (Å²) in [5, 5.41) is 9.33. The van der Waals surface area contributed by atoms with Gasteiger partial charge in [0.25, 0.3) is 5.91 Å². The minimum absolute atomic E-state index is 0.0475. The first kappa shape index (κ1) is 24.7. The second-order valence-corrected chi connectivity index (χ2v) is 9.25. The van der Waals surface area contributed by atoms with E-state index in [1.807, 2.05) is 18.2 Å². The Kier molecular flexibility index (Phi) is 8.51. The third-order valence-corrected chi connectivity index (χ3v) is 5.50. The van der Waals surface area contributed by atoms with Crippen molar-refractivity contribution in [3.8, 4) is 11.5 Å². The van der Waals surface area contributed by atoms with Crippen molar-refractivity contribution in [2.24, 2.45) is 5.92 Å². The largest absolute Gasteiger partial charge is 0.493 e. The SMILES string of the molecule is C=CCc1ccc(OCC(=O)NCCCNC(=O)C2CC(C)(C)NC2(C)C)c(OC)c1. The molecule has 0 bridgehead atoms. The molecule has 1 aromatic carbocycles. The van der Waals surface area contributed by atoms with Gasteiger partial charge in [0.15, 0.2) is 18.1 Å².